The molecule has 2 aromatic rings. The number of benzene rings is 1. The molecule has 0 saturated heterocycles. The van der Waals surface area contributed by atoms with Gasteiger partial charge < -0.3 is 10.4 Å². The Morgan fingerprint density at radius 2 is 2.00 bits per heavy atom. The van der Waals surface area contributed by atoms with Gasteiger partial charge in [0.25, 0.3) is 0 Å². The van der Waals surface area contributed by atoms with E-state index in [0.29, 0.717) is 5.69 Å². The largest absolute Gasteiger partial charge is 0.477 e. The number of nitrogens with one attached hydrogen (secondary N) is 1. The van der Waals surface area contributed by atoms with Gasteiger partial charge in [-0.1, -0.05) is 18.2 Å². The topological polar surface area (TPSA) is 79.3 Å². The lowest BCUT2D eigenvalue weighted by molar-refractivity contribution is -0.113. The summed E-state index contributed by atoms with van der Waals surface area (Å²) in [7, 11) is 0. The van der Waals surface area contributed by atoms with Crippen LogP contribution in [0.4, 0.5) is 5.69 Å². The summed E-state index contributed by atoms with van der Waals surface area (Å²) in [6.45, 7) is 1.99. The summed E-state index contributed by atoms with van der Waals surface area (Å²) in [5.74, 6) is -0.970. The minimum atomic E-state index is -1.09. The molecule has 0 spiro atoms. The fraction of sp³-hybridized carbons (Fsp3) is 0.133. The first kappa shape index (κ1) is 15.1. The molecule has 2 N–H and O–H groups in total. The molecule has 0 aliphatic carbocycles. The lowest BCUT2D eigenvalue weighted by atomic mass is 10.2. The zero-order chi connectivity index (χ0) is 15.2. The van der Waals surface area contributed by atoms with Crippen molar-refractivity contribution in [1.29, 1.82) is 0 Å². The number of hydrogen-bond donors (Lipinski definition) is 2. The summed E-state index contributed by atoms with van der Waals surface area (Å²) in [5.41, 5.74) is 1.56. The van der Waals surface area contributed by atoms with Gasteiger partial charge in [0.15, 0.2) is 0 Å². The molecule has 0 radical (unpaired) electrons. The second kappa shape index (κ2) is 6.90. The fourth-order valence-corrected chi connectivity index (χ4v) is 2.48. The predicted molar refractivity (Wildman–Crippen MR) is 81.7 cm³/mol. The van der Waals surface area contributed by atoms with E-state index in [1.807, 2.05) is 31.2 Å². The molecule has 0 atom stereocenters. The maximum absolute atomic E-state index is 11.8. The molecule has 0 fully saturated rings. The number of nitrogens with zero attached hydrogens (tertiary/aromatic N) is 1. The quantitative estimate of drug-likeness (QED) is 0.830. The van der Waals surface area contributed by atoms with Gasteiger partial charge in [-0.3, -0.25) is 4.79 Å². The van der Waals surface area contributed by atoms with Crippen molar-refractivity contribution >= 4 is 29.3 Å². The Morgan fingerprint density at radius 1 is 1.24 bits per heavy atom. The highest BCUT2D eigenvalue weighted by atomic mass is 32.2. The number of hydrogen-bond acceptors (Lipinski definition) is 4. The SMILES string of the molecule is Cc1ccccc1SCC(=O)Nc1ccc(C(=O)O)nc1. The molecule has 1 aromatic heterocycles. The van der Waals surface area contributed by atoms with Crippen molar-refractivity contribution in [3.8, 4) is 0 Å². The molecular formula is C15H14N2O3S. The molecule has 1 heterocycles. The van der Waals surface area contributed by atoms with Crippen LogP contribution in [0, 0.1) is 6.92 Å². The Morgan fingerprint density at radius 3 is 2.62 bits per heavy atom. The number of aromatic nitrogens is 1. The number of aryl methyl sites for hydroxylation is 1. The van der Waals surface area contributed by atoms with Gasteiger partial charge in [-0.15, -0.1) is 11.8 Å². The van der Waals surface area contributed by atoms with Crippen LogP contribution in [0.15, 0.2) is 47.5 Å². The van der Waals surface area contributed by atoms with Crippen molar-refractivity contribution in [3.05, 3.63) is 53.9 Å². The van der Waals surface area contributed by atoms with Crippen LogP contribution in [0.25, 0.3) is 0 Å². The highest BCUT2D eigenvalue weighted by Gasteiger charge is 2.07. The average molecular weight is 302 g/mol. The number of rotatable bonds is 5. The maximum atomic E-state index is 11.8. The fourth-order valence-electron chi connectivity index (χ4n) is 1.65. The van der Waals surface area contributed by atoms with Gasteiger partial charge in [0.1, 0.15) is 5.69 Å². The third-order valence-corrected chi connectivity index (χ3v) is 3.89. The molecule has 5 nitrogen and oxygen atoms in total. The number of carbonyl (C=O) groups excluding carboxylic acids is 1. The minimum absolute atomic E-state index is 0.0534. The average Bonchev–Trinajstić information content (AvgIpc) is 2.47. The number of carboxylic acid groups (broad SMARTS) is 1. The Balaban J connectivity index is 1.90. The molecular weight excluding hydrogens is 288 g/mol. The Kier molecular flexibility index (Phi) is 4.94. The van der Waals surface area contributed by atoms with E-state index >= 15 is 0 Å². The summed E-state index contributed by atoms with van der Waals surface area (Å²) in [5, 5.41) is 11.4. The Bertz CT molecular complexity index is 656. The molecule has 0 saturated carbocycles. The van der Waals surface area contributed by atoms with Crippen molar-refractivity contribution in [2.45, 2.75) is 11.8 Å². The van der Waals surface area contributed by atoms with E-state index in [4.69, 9.17) is 5.11 Å². The van der Waals surface area contributed by atoms with Gasteiger partial charge >= 0.3 is 5.97 Å². The molecule has 21 heavy (non-hydrogen) atoms. The summed E-state index contributed by atoms with van der Waals surface area (Å²) < 4.78 is 0. The monoisotopic (exact) mass is 302 g/mol. The van der Waals surface area contributed by atoms with Crippen LogP contribution in [0.5, 0.6) is 0 Å². The first-order valence-corrected chi connectivity index (χ1v) is 7.22. The molecule has 0 bridgehead atoms. The zero-order valence-corrected chi connectivity index (χ0v) is 12.2. The standard InChI is InChI=1S/C15H14N2O3S/c1-10-4-2-3-5-13(10)21-9-14(18)17-11-6-7-12(15(19)20)16-8-11/h2-8H,9H2,1H3,(H,17,18)(H,19,20). The summed E-state index contributed by atoms with van der Waals surface area (Å²) in [6.07, 6.45) is 1.33. The van der Waals surface area contributed by atoms with E-state index in [1.165, 1.54) is 30.1 Å². The predicted octanol–water partition coefficient (Wildman–Crippen LogP) is 2.82. The molecule has 0 unspecified atom stereocenters. The molecule has 0 aliphatic heterocycles. The molecule has 1 aromatic carbocycles. The summed E-state index contributed by atoms with van der Waals surface area (Å²) >= 11 is 1.46. The smallest absolute Gasteiger partial charge is 0.354 e. The van der Waals surface area contributed by atoms with E-state index < -0.39 is 5.97 Å². The van der Waals surface area contributed by atoms with Crippen LogP contribution in [0.2, 0.25) is 0 Å². The Labute approximate surface area is 126 Å². The second-order valence-corrected chi connectivity index (χ2v) is 5.36. The number of aromatic carboxylic acids is 1. The van der Waals surface area contributed by atoms with Crippen molar-refractivity contribution in [3.63, 3.8) is 0 Å². The summed E-state index contributed by atoms with van der Waals surface area (Å²) in [4.78, 5) is 27.3. The molecule has 2 rings (SSSR count). The van der Waals surface area contributed by atoms with Gasteiger partial charge in [-0.25, -0.2) is 9.78 Å². The van der Waals surface area contributed by atoms with Crippen molar-refractivity contribution in [2.24, 2.45) is 0 Å². The zero-order valence-electron chi connectivity index (χ0n) is 11.4. The number of thioether (sulfide) groups is 1. The first-order valence-electron chi connectivity index (χ1n) is 6.24. The number of carboxylic acids is 1. The Hall–Kier alpha value is -2.34. The van der Waals surface area contributed by atoms with E-state index in [1.54, 1.807) is 0 Å². The van der Waals surface area contributed by atoms with Gasteiger partial charge in [-0.05, 0) is 30.7 Å². The second-order valence-electron chi connectivity index (χ2n) is 4.34. The maximum Gasteiger partial charge on any atom is 0.354 e. The van der Waals surface area contributed by atoms with Crippen molar-refractivity contribution < 1.29 is 14.7 Å². The molecule has 1 amide bonds. The van der Waals surface area contributed by atoms with Crippen LogP contribution in [-0.4, -0.2) is 27.7 Å². The molecule has 108 valence electrons. The van der Waals surface area contributed by atoms with E-state index in [9.17, 15) is 9.59 Å². The lowest BCUT2D eigenvalue weighted by Gasteiger charge is -2.06. The van der Waals surface area contributed by atoms with Crippen LogP contribution in [-0.2, 0) is 4.79 Å². The van der Waals surface area contributed by atoms with Gasteiger partial charge in [0, 0.05) is 4.90 Å². The number of amides is 1. The third-order valence-electron chi connectivity index (χ3n) is 2.72. The number of carbonyl (C=O) groups is 2. The van der Waals surface area contributed by atoms with Crippen molar-refractivity contribution in [2.75, 3.05) is 11.1 Å². The molecule has 0 aliphatic rings. The highest BCUT2D eigenvalue weighted by Crippen LogP contribution is 2.21. The molecule has 6 heteroatoms. The van der Waals surface area contributed by atoms with Crippen LogP contribution in [0.1, 0.15) is 16.1 Å². The first-order chi connectivity index (χ1) is 10.1. The van der Waals surface area contributed by atoms with E-state index in [-0.39, 0.29) is 17.4 Å². The van der Waals surface area contributed by atoms with Crippen LogP contribution in [0.3, 0.4) is 0 Å². The number of anilines is 1. The van der Waals surface area contributed by atoms with Gasteiger partial charge in [-0.2, -0.15) is 0 Å². The number of pyridine rings is 1. The van der Waals surface area contributed by atoms with Gasteiger partial charge in [0.2, 0.25) is 5.91 Å². The van der Waals surface area contributed by atoms with Crippen LogP contribution >= 0.6 is 11.8 Å². The van der Waals surface area contributed by atoms with E-state index in [0.717, 1.165) is 10.5 Å². The van der Waals surface area contributed by atoms with Crippen LogP contribution < -0.4 is 5.32 Å². The lowest BCUT2D eigenvalue weighted by Crippen LogP contribution is -2.14. The van der Waals surface area contributed by atoms with E-state index in [2.05, 4.69) is 10.3 Å². The third kappa shape index (κ3) is 4.32. The van der Waals surface area contributed by atoms with Crippen molar-refractivity contribution in [1.82, 2.24) is 4.98 Å². The minimum Gasteiger partial charge on any atom is -0.477 e. The summed E-state index contributed by atoms with van der Waals surface area (Å²) in [6, 6.07) is 10.7. The van der Waals surface area contributed by atoms with Gasteiger partial charge in [0.05, 0.1) is 17.6 Å². The highest BCUT2D eigenvalue weighted by molar-refractivity contribution is 8.00. The normalized spacial score (nSPS) is 10.1.